The van der Waals surface area contributed by atoms with Gasteiger partial charge in [0.1, 0.15) is 37.1 Å². The van der Waals surface area contributed by atoms with Crippen LogP contribution in [0.15, 0.2) is 91.0 Å². The van der Waals surface area contributed by atoms with Gasteiger partial charge in [0, 0.05) is 27.1 Å². The SMILES string of the molecule is C=C(C)C(=O)OCCNC(=O)Oc1c2ccccc2c(OCCOc2ccccc2)c2ccccc12. The molecule has 1 amide bonds. The van der Waals surface area contributed by atoms with Crippen molar-refractivity contribution in [3.63, 3.8) is 0 Å². The Kier molecular flexibility index (Phi) is 8.03. The van der Waals surface area contributed by atoms with Gasteiger partial charge in [-0.05, 0) is 19.1 Å². The Morgan fingerprint density at radius 1 is 0.722 bits per heavy atom. The van der Waals surface area contributed by atoms with Gasteiger partial charge in [0.05, 0.1) is 6.54 Å². The standard InChI is InChI=1S/C29H27NO6/c1-20(2)28(31)35-17-16-30-29(32)36-27-24-14-8-6-12-22(24)26(23-13-7-9-15-25(23)27)34-19-18-33-21-10-4-3-5-11-21/h3-15H,1,16-19H2,2H3,(H,30,32). The number of hydrogen-bond donors (Lipinski definition) is 1. The maximum absolute atomic E-state index is 12.6. The van der Waals surface area contributed by atoms with Crippen LogP contribution in [0.1, 0.15) is 6.92 Å². The summed E-state index contributed by atoms with van der Waals surface area (Å²) in [4.78, 5) is 24.1. The summed E-state index contributed by atoms with van der Waals surface area (Å²) in [5.41, 5.74) is 0.296. The van der Waals surface area contributed by atoms with E-state index in [-0.39, 0.29) is 13.2 Å². The van der Waals surface area contributed by atoms with Crippen molar-refractivity contribution in [2.45, 2.75) is 6.92 Å². The molecule has 36 heavy (non-hydrogen) atoms. The lowest BCUT2D eigenvalue weighted by atomic mass is 10.0. The third kappa shape index (κ3) is 5.93. The van der Waals surface area contributed by atoms with Crippen LogP contribution in [0.25, 0.3) is 21.5 Å². The highest BCUT2D eigenvalue weighted by Crippen LogP contribution is 2.42. The number of carbonyl (C=O) groups is 2. The molecule has 0 unspecified atom stereocenters. The molecule has 0 aliphatic carbocycles. The highest BCUT2D eigenvalue weighted by molar-refractivity contribution is 6.11. The highest BCUT2D eigenvalue weighted by Gasteiger charge is 2.18. The summed E-state index contributed by atoms with van der Waals surface area (Å²) in [6.07, 6.45) is -0.651. The van der Waals surface area contributed by atoms with E-state index in [9.17, 15) is 9.59 Å². The molecule has 0 bridgehead atoms. The lowest BCUT2D eigenvalue weighted by Crippen LogP contribution is -2.30. The fourth-order valence-electron chi connectivity index (χ4n) is 3.68. The third-order valence-electron chi connectivity index (χ3n) is 5.32. The Bertz CT molecular complexity index is 1330. The van der Waals surface area contributed by atoms with Gasteiger partial charge >= 0.3 is 12.1 Å². The van der Waals surface area contributed by atoms with Gasteiger partial charge < -0.3 is 24.3 Å². The van der Waals surface area contributed by atoms with Crippen molar-refractivity contribution < 1.29 is 28.5 Å². The maximum Gasteiger partial charge on any atom is 0.412 e. The first-order valence-corrected chi connectivity index (χ1v) is 11.6. The molecule has 4 aromatic rings. The fraction of sp³-hybridized carbons (Fsp3) is 0.172. The number of rotatable bonds is 10. The Balaban J connectivity index is 1.52. The van der Waals surface area contributed by atoms with Gasteiger partial charge in [-0.15, -0.1) is 0 Å². The van der Waals surface area contributed by atoms with Crippen molar-refractivity contribution in [1.82, 2.24) is 5.32 Å². The van der Waals surface area contributed by atoms with E-state index in [2.05, 4.69) is 11.9 Å². The molecule has 0 aromatic heterocycles. The molecule has 0 saturated carbocycles. The summed E-state index contributed by atoms with van der Waals surface area (Å²) in [7, 11) is 0. The molecule has 0 atom stereocenters. The van der Waals surface area contributed by atoms with Crippen molar-refractivity contribution in [1.29, 1.82) is 0 Å². The van der Waals surface area contributed by atoms with Crippen molar-refractivity contribution in [3.8, 4) is 17.2 Å². The molecule has 0 saturated heterocycles. The Hall–Kier alpha value is -4.52. The zero-order chi connectivity index (χ0) is 25.3. The minimum atomic E-state index is -0.651. The molecule has 0 aliphatic heterocycles. The second kappa shape index (κ2) is 11.8. The second-order valence-electron chi connectivity index (χ2n) is 7.99. The first kappa shape index (κ1) is 24.6. The number of ether oxygens (including phenoxy) is 4. The zero-order valence-corrected chi connectivity index (χ0v) is 20.0. The average Bonchev–Trinajstić information content (AvgIpc) is 2.90. The van der Waals surface area contributed by atoms with E-state index in [1.165, 1.54) is 0 Å². The molecule has 184 valence electrons. The molecule has 0 heterocycles. The van der Waals surface area contributed by atoms with Crippen LogP contribution in [-0.2, 0) is 9.53 Å². The summed E-state index contributed by atoms with van der Waals surface area (Å²) >= 11 is 0. The van der Waals surface area contributed by atoms with Crippen molar-refractivity contribution in [2.75, 3.05) is 26.4 Å². The normalized spacial score (nSPS) is 10.6. The van der Waals surface area contributed by atoms with Crippen LogP contribution in [0.4, 0.5) is 4.79 Å². The molecule has 0 aliphatic rings. The predicted molar refractivity (Wildman–Crippen MR) is 139 cm³/mol. The average molecular weight is 486 g/mol. The largest absolute Gasteiger partial charge is 0.490 e. The molecule has 1 N–H and O–H groups in total. The minimum Gasteiger partial charge on any atom is -0.490 e. The van der Waals surface area contributed by atoms with Crippen LogP contribution in [0.3, 0.4) is 0 Å². The van der Waals surface area contributed by atoms with Gasteiger partial charge in [0.25, 0.3) is 0 Å². The molecule has 0 fully saturated rings. The van der Waals surface area contributed by atoms with Gasteiger partial charge in [-0.2, -0.15) is 0 Å². The van der Waals surface area contributed by atoms with E-state index >= 15 is 0 Å². The van der Waals surface area contributed by atoms with Gasteiger partial charge in [0.2, 0.25) is 0 Å². The second-order valence-corrected chi connectivity index (χ2v) is 7.99. The van der Waals surface area contributed by atoms with E-state index < -0.39 is 12.1 Å². The van der Waals surface area contributed by atoms with Crippen LogP contribution >= 0.6 is 0 Å². The number of amides is 1. The van der Waals surface area contributed by atoms with Gasteiger partial charge in [-0.3, -0.25) is 0 Å². The maximum atomic E-state index is 12.6. The molecule has 7 heteroatoms. The number of benzene rings is 4. The predicted octanol–water partition coefficient (Wildman–Crippen LogP) is 5.66. The Morgan fingerprint density at radius 3 is 1.83 bits per heavy atom. The van der Waals surface area contributed by atoms with Crippen LogP contribution < -0.4 is 19.5 Å². The summed E-state index contributed by atoms with van der Waals surface area (Å²) in [6.45, 7) is 5.92. The van der Waals surface area contributed by atoms with Crippen molar-refractivity contribution in [3.05, 3.63) is 91.0 Å². The zero-order valence-electron chi connectivity index (χ0n) is 20.0. The van der Waals surface area contributed by atoms with E-state index in [4.69, 9.17) is 18.9 Å². The van der Waals surface area contributed by atoms with Crippen LogP contribution in [0.5, 0.6) is 17.2 Å². The molecule has 0 spiro atoms. The summed E-state index contributed by atoms with van der Waals surface area (Å²) < 4.78 is 22.7. The third-order valence-corrected chi connectivity index (χ3v) is 5.32. The molecule has 4 aromatic carbocycles. The van der Waals surface area contributed by atoms with Crippen LogP contribution in [-0.4, -0.2) is 38.4 Å². The lowest BCUT2D eigenvalue weighted by molar-refractivity contribution is -0.138. The van der Waals surface area contributed by atoms with Crippen LogP contribution in [0.2, 0.25) is 0 Å². The molecular formula is C29H27NO6. The summed E-state index contributed by atoms with van der Waals surface area (Å²) in [5, 5.41) is 5.71. The van der Waals surface area contributed by atoms with Gasteiger partial charge in [0.15, 0.2) is 0 Å². The highest BCUT2D eigenvalue weighted by atomic mass is 16.6. The number of para-hydroxylation sites is 1. The molecular weight excluding hydrogens is 458 g/mol. The van der Waals surface area contributed by atoms with Gasteiger partial charge in [-0.25, -0.2) is 9.59 Å². The number of hydrogen-bond acceptors (Lipinski definition) is 6. The van der Waals surface area contributed by atoms with E-state index in [1.54, 1.807) is 6.92 Å². The minimum absolute atomic E-state index is 0.0140. The van der Waals surface area contributed by atoms with E-state index in [1.807, 2.05) is 78.9 Å². The summed E-state index contributed by atoms with van der Waals surface area (Å²) in [6, 6.07) is 24.7. The number of esters is 1. The fourth-order valence-corrected chi connectivity index (χ4v) is 3.68. The quantitative estimate of drug-likeness (QED) is 0.135. The first-order valence-electron chi connectivity index (χ1n) is 11.6. The number of fused-ring (bicyclic) bond motifs is 2. The van der Waals surface area contributed by atoms with Crippen LogP contribution in [0, 0.1) is 0 Å². The lowest BCUT2D eigenvalue weighted by Gasteiger charge is -2.17. The number of nitrogens with one attached hydrogen (secondary N) is 1. The number of carbonyl (C=O) groups excluding carboxylic acids is 2. The van der Waals surface area contributed by atoms with Crippen molar-refractivity contribution in [2.24, 2.45) is 0 Å². The Morgan fingerprint density at radius 2 is 1.25 bits per heavy atom. The molecule has 7 nitrogen and oxygen atoms in total. The van der Waals surface area contributed by atoms with Gasteiger partial charge in [-0.1, -0.05) is 73.3 Å². The monoisotopic (exact) mass is 485 g/mol. The van der Waals surface area contributed by atoms with E-state index in [0.717, 1.165) is 27.3 Å². The Labute approximate surface area is 209 Å². The topological polar surface area (TPSA) is 83.1 Å². The van der Waals surface area contributed by atoms with Crippen molar-refractivity contribution >= 4 is 33.6 Å². The van der Waals surface area contributed by atoms with E-state index in [0.29, 0.717) is 30.3 Å². The molecule has 0 radical (unpaired) electrons. The summed E-state index contributed by atoms with van der Waals surface area (Å²) in [5.74, 6) is 1.38. The smallest absolute Gasteiger partial charge is 0.412 e. The first-order chi connectivity index (χ1) is 17.5. The molecule has 4 rings (SSSR count).